The van der Waals surface area contributed by atoms with Crippen molar-refractivity contribution in [1.82, 2.24) is 20.1 Å². The van der Waals surface area contributed by atoms with Crippen LogP contribution in [0.4, 0.5) is 4.39 Å². The number of H-pyrrole nitrogens is 1. The van der Waals surface area contributed by atoms with Gasteiger partial charge in [-0.1, -0.05) is 6.92 Å². The van der Waals surface area contributed by atoms with Crippen molar-refractivity contribution in [3.05, 3.63) is 58.3 Å². The molecule has 1 aliphatic rings. The lowest BCUT2D eigenvalue weighted by Crippen LogP contribution is -2.36. The number of fused-ring (bicyclic) bond motifs is 3. The standard InChI is InChI=1S/C19H19FN4O/c1-3-16-14(8-11(2)22-23-16)19(25)24-7-6-18-15(10-24)13-9-12(20)4-5-17(13)21-18/h4-5,8-9,21H,3,6-7,10H2,1-2H3. The van der Waals surface area contributed by atoms with Crippen LogP contribution >= 0.6 is 0 Å². The van der Waals surface area contributed by atoms with Gasteiger partial charge in [-0.2, -0.15) is 10.2 Å². The summed E-state index contributed by atoms with van der Waals surface area (Å²) < 4.78 is 13.6. The van der Waals surface area contributed by atoms with Crippen LogP contribution in [0.1, 0.15) is 39.9 Å². The summed E-state index contributed by atoms with van der Waals surface area (Å²) in [6.45, 7) is 4.90. The van der Waals surface area contributed by atoms with E-state index in [4.69, 9.17) is 0 Å². The van der Waals surface area contributed by atoms with E-state index >= 15 is 0 Å². The molecule has 0 unspecified atom stereocenters. The molecule has 25 heavy (non-hydrogen) atoms. The Bertz CT molecular complexity index is 979. The Morgan fingerprint density at radius 2 is 2.16 bits per heavy atom. The van der Waals surface area contributed by atoms with E-state index in [1.54, 1.807) is 12.1 Å². The first kappa shape index (κ1) is 15.7. The minimum absolute atomic E-state index is 0.0359. The summed E-state index contributed by atoms with van der Waals surface area (Å²) in [6.07, 6.45) is 1.39. The van der Waals surface area contributed by atoms with Gasteiger partial charge in [0.15, 0.2) is 0 Å². The molecule has 1 amide bonds. The molecule has 3 heterocycles. The molecular formula is C19H19FN4O. The average Bonchev–Trinajstić information content (AvgIpc) is 2.98. The zero-order chi connectivity index (χ0) is 17.6. The zero-order valence-electron chi connectivity index (χ0n) is 14.3. The van der Waals surface area contributed by atoms with Crippen molar-refractivity contribution in [3.63, 3.8) is 0 Å². The van der Waals surface area contributed by atoms with Gasteiger partial charge in [-0.05, 0) is 37.6 Å². The second kappa shape index (κ2) is 5.95. The number of aromatic amines is 1. The van der Waals surface area contributed by atoms with E-state index < -0.39 is 0 Å². The molecule has 6 heteroatoms. The molecule has 3 aromatic rings. The lowest BCUT2D eigenvalue weighted by Gasteiger charge is -2.28. The number of carbonyl (C=O) groups excluding carboxylic acids is 1. The van der Waals surface area contributed by atoms with Gasteiger partial charge in [0, 0.05) is 41.7 Å². The number of amides is 1. The third-order valence-electron chi connectivity index (χ3n) is 4.78. The van der Waals surface area contributed by atoms with E-state index in [2.05, 4.69) is 15.2 Å². The van der Waals surface area contributed by atoms with Gasteiger partial charge in [0.05, 0.1) is 17.0 Å². The Morgan fingerprint density at radius 1 is 1.32 bits per heavy atom. The molecule has 5 nitrogen and oxygen atoms in total. The van der Waals surface area contributed by atoms with Crippen LogP contribution in [0.25, 0.3) is 10.9 Å². The van der Waals surface area contributed by atoms with E-state index in [-0.39, 0.29) is 11.7 Å². The summed E-state index contributed by atoms with van der Waals surface area (Å²) >= 11 is 0. The Hall–Kier alpha value is -2.76. The second-order valence-electron chi connectivity index (χ2n) is 6.45. The van der Waals surface area contributed by atoms with Crippen LogP contribution in [-0.4, -0.2) is 32.5 Å². The molecule has 4 rings (SSSR count). The van der Waals surface area contributed by atoms with Crippen molar-refractivity contribution >= 4 is 16.8 Å². The van der Waals surface area contributed by atoms with E-state index in [1.807, 2.05) is 18.7 Å². The zero-order valence-corrected chi connectivity index (χ0v) is 14.3. The predicted molar refractivity (Wildman–Crippen MR) is 92.8 cm³/mol. The van der Waals surface area contributed by atoms with Crippen molar-refractivity contribution in [2.45, 2.75) is 33.2 Å². The topological polar surface area (TPSA) is 61.9 Å². The second-order valence-corrected chi connectivity index (χ2v) is 6.45. The summed E-state index contributed by atoms with van der Waals surface area (Å²) in [5, 5.41) is 9.06. The molecule has 0 aliphatic carbocycles. The molecule has 0 radical (unpaired) electrons. The van der Waals surface area contributed by atoms with Gasteiger partial charge in [-0.15, -0.1) is 0 Å². The first-order chi connectivity index (χ1) is 12.1. The molecule has 0 saturated heterocycles. The summed E-state index contributed by atoms with van der Waals surface area (Å²) in [5.41, 5.74) is 5.06. The number of nitrogens with one attached hydrogen (secondary N) is 1. The maximum absolute atomic E-state index is 13.6. The third-order valence-corrected chi connectivity index (χ3v) is 4.78. The van der Waals surface area contributed by atoms with Gasteiger partial charge in [0.25, 0.3) is 5.91 Å². The van der Waals surface area contributed by atoms with Crippen LogP contribution < -0.4 is 0 Å². The van der Waals surface area contributed by atoms with E-state index in [0.29, 0.717) is 30.8 Å². The minimum atomic E-state index is -0.264. The maximum atomic E-state index is 13.6. The molecule has 1 N–H and O–H groups in total. The van der Waals surface area contributed by atoms with Gasteiger partial charge in [-0.3, -0.25) is 4.79 Å². The summed E-state index contributed by atoms with van der Waals surface area (Å²) in [4.78, 5) is 18.2. The lowest BCUT2D eigenvalue weighted by atomic mass is 10.0. The van der Waals surface area contributed by atoms with Crippen LogP contribution in [0.5, 0.6) is 0 Å². The van der Waals surface area contributed by atoms with E-state index in [1.165, 1.54) is 12.1 Å². The molecule has 1 aliphatic heterocycles. The third kappa shape index (κ3) is 2.67. The highest BCUT2D eigenvalue weighted by molar-refractivity contribution is 5.96. The molecule has 2 aromatic heterocycles. The molecule has 128 valence electrons. The van der Waals surface area contributed by atoms with Crippen molar-refractivity contribution < 1.29 is 9.18 Å². The highest BCUT2D eigenvalue weighted by Crippen LogP contribution is 2.29. The average molecular weight is 338 g/mol. The molecular weight excluding hydrogens is 319 g/mol. The van der Waals surface area contributed by atoms with Gasteiger partial charge in [-0.25, -0.2) is 4.39 Å². The van der Waals surface area contributed by atoms with Crippen molar-refractivity contribution in [2.75, 3.05) is 6.54 Å². The summed E-state index contributed by atoms with van der Waals surface area (Å²) in [5.74, 6) is -0.300. The van der Waals surface area contributed by atoms with Crippen molar-refractivity contribution in [1.29, 1.82) is 0 Å². The molecule has 0 atom stereocenters. The first-order valence-electron chi connectivity index (χ1n) is 8.48. The summed E-state index contributed by atoms with van der Waals surface area (Å²) in [7, 11) is 0. The van der Waals surface area contributed by atoms with Crippen LogP contribution in [0.3, 0.4) is 0 Å². The highest BCUT2D eigenvalue weighted by Gasteiger charge is 2.26. The highest BCUT2D eigenvalue weighted by atomic mass is 19.1. The maximum Gasteiger partial charge on any atom is 0.256 e. The Kier molecular flexibility index (Phi) is 3.75. The van der Waals surface area contributed by atoms with Crippen LogP contribution in [0, 0.1) is 12.7 Å². The number of hydrogen-bond donors (Lipinski definition) is 1. The van der Waals surface area contributed by atoms with Crippen LogP contribution in [0.15, 0.2) is 24.3 Å². The largest absolute Gasteiger partial charge is 0.358 e. The fourth-order valence-electron chi connectivity index (χ4n) is 3.49. The summed E-state index contributed by atoms with van der Waals surface area (Å²) in [6, 6.07) is 6.54. The number of halogens is 1. The Labute approximate surface area is 144 Å². The van der Waals surface area contributed by atoms with Gasteiger partial charge in [0.2, 0.25) is 0 Å². The van der Waals surface area contributed by atoms with Crippen LogP contribution in [0.2, 0.25) is 0 Å². The van der Waals surface area contributed by atoms with E-state index in [9.17, 15) is 9.18 Å². The molecule has 0 saturated carbocycles. The number of carbonyl (C=O) groups is 1. The number of aromatic nitrogens is 3. The first-order valence-corrected chi connectivity index (χ1v) is 8.48. The number of hydrogen-bond acceptors (Lipinski definition) is 3. The van der Waals surface area contributed by atoms with Crippen molar-refractivity contribution in [3.8, 4) is 0 Å². The minimum Gasteiger partial charge on any atom is -0.358 e. The number of aryl methyl sites for hydroxylation is 2. The lowest BCUT2D eigenvalue weighted by molar-refractivity contribution is 0.0733. The molecule has 1 aromatic carbocycles. The van der Waals surface area contributed by atoms with Crippen molar-refractivity contribution in [2.24, 2.45) is 0 Å². The van der Waals surface area contributed by atoms with Gasteiger partial charge >= 0.3 is 0 Å². The fourth-order valence-corrected chi connectivity index (χ4v) is 3.49. The van der Waals surface area contributed by atoms with E-state index in [0.717, 1.165) is 34.3 Å². The molecule has 0 spiro atoms. The SMILES string of the molecule is CCc1nnc(C)cc1C(=O)N1CCc2[nH]c3ccc(F)cc3c2C1. The molecule has 0 fully saturated rings. The van der Waals surface area contributed by atoms with Crippen LogP contribution in [-0.2, 0) is 19.4 Å². The quantitative estimate of drug-likeness (QED) is 0.781. The Balaban J connectivity index is 1.70. The smallest absolute Gasteiger partial charge is 0.256 e. The number of rotatable bonds is 2. The van der Waals surface area contributed by atoms with Gasteiger partial charge < -0.3 is 9.88 Å². The molecule has 0 bridgehead atoms. The number of benzene rings is 1. The number of nitrogens with zero attached hydrogens (tertiary/aromatic N) is 3. The Morgan fingerprint density at radius 3 is 2.96 bits per heavy atom. The van der Waals surface area contributed by atoms with Gasteiger partial charge in [0.1, 0.15) is 5.82 Å². The monoisotopic (exact) mass is 338 g/mol. The fraction of sp³-hybridized carbons (Fsp3) is 0.316. The normalized spacial score (nSPS) is 14.0. The predicted octanol–water partition coefficient (Wildman–Crippen LogP) is 3.17.